The highest BCUT2D eigenvalue weighted by atomic mass is 32.2. The molecule has 0 bridgehead atoms. The van der Waals surface area contributed by atoms with E-state index in [-0.39, 0.29) is 17.5 Å². The van der Waals surface area contributed by atoms with Crippen LogP contribution in [0.1, 0.15) is 17.5 Å². The Morgan fingerprint density at radius 2 is 2.22 bits per heavy atom. The number of ether oxygens (including phenoxy) is 1. The number of ketones is 1. The minimum atomic E-state index is -1.24. The quantitative estimate of drug-likeness (QED) is 0.837. The van der Waals surface area contributed by atoms with Crippen LogP contribution in [-0.2, 0) is 20.3 Å². The average molecular weight is 266 g/mol. The van der Waals surface area contributed by atoms with Gasteiger partial charge < -0.3 is 4.74 Å². The van der Waals surface area contributed by atoms with Crippen LogP contribution in [0.4, 0.5) is 0 Å². The molecular formula is C14H18O3S. The minimum Gasteiger partial charge on any atom is -0.381 e. The number of carbonyl (C=O) groups is 1. The van der Waals surface area contributed by atoms with Gasteiger partial charge in [-0.05, 0) is 37.5 Å². The van der Waals surface area contributed by atoms with E-state index in [4.69, 9.17) is 4.74 Å². The molecule has 1 aromatic carbocycles. The fraction of sp³-hybridized carbons (Fsp3) is 0.500. The van der Waals surface area contributed by atoms with Crippen molar-refractivity contribution >= 4 is 16.6 Å². The molecule has 1 heterocycles. The largest absolute Gasteiger partial charge is 0.381 e. The first kappa shape index (κ1) is 13.4. The van der Waals surface area contributed by atoms with Crippen LogP contribution < -0.4 is 0 Å². The molecule has 0 saturated carbocycles. The number of hydrogen-bond acceptors (Lipinski definition) is 3. The van der Waals surface area contributed by atoms with Crippen LogP contribution >= 0.6 is 0 Å². The molecule has 0 aromatic heterocycles. The lowest BCUT2D eigenvalue weighted by Gasteiger charge is -2.09. The molecule has 0 amide bonds. The van der Waals surface area contributed by atoms with Crippen LogP contribution in [0.2, 0.25) is 0 Å². The zero-order chi connectivity index (χ0) is 13.1. The SMILES string of the molecule is Cc1ccc(C)c(S(=O)CC(=O)C2CCOC2)c1. The molecule has 1 aliphatic heterocycles. The van der Waals surface area contributed by atoms with E-state index in [1.54, 1.807) is 0 Å². The molecule has 3 nitrogen and oxygen atoms in total. The van der Waals surface area contributed by atoms with Gasteiger partial charge in [0.25, 0.3) is 0 Å². The molecule has 1 fully saturated rings. The molecule has 0 radical (unpaired) electrons. The predicted molar refractivity (Wildman–Crippen MR) is 71.1 cm³/mol. The molecular weight excluding hydrogens is 248 g/mol. The van der Waals surface area contributed by atoms with Gasteiger partial charge in [0.05, 0.1) is 23.2 Å². The van der Waals surface area contributed by atoms with Crippen molar-refractivity contribution in [2.45, 2.75) is 25.2 Å². The number of Topliss-reactive ketones (excluding diaryl/α,β-unsaturated/α-hetero) is 1. The summed E-state index contributed by atoms with van der Waals surface area (Å²) in [5.41, 5.74) is 2.05. The van der Waals surface area contributed by atoms with E-state index in [1.807, 2.05) is 32.0 Å². The lowest BCUT2D eigenvalue weighted by molar-refractivity contribution is -0.120. The summed E-state index contributed by atoms with van der Waals surface area (Å²) in [5.74, 6) is 0.115. The van der Waals surface area contributed by atoms with Crippen molar-refractivity contribution in [1.82, 2.24) is 0 Å². The minimum absolute atomic E-state index is 0.0564. The second-order valence-corrected chi connectivity index (χ2v) is 6.21. The lowest BCUT2D eigenvalue weighted by Crippen LogP contribution is -2.21. The van der Waals surface area contributed by atoms with E-state index < -0.39 is 10.8 Å². The number of carbonyl (C=O) groups excluding carboxylic acids is 1. The molecule has 2 unspecified atom stereocenters. The third-order valence-electron chi connectivity index (χ3n) is 3.25. The molecule has 1 aromatic rings. The van der Waals surface area contributed by atoms with Gasteiger partial charge in [0.1, 0.15) is 0 Å². The second kappa shape index (κ2) is 5.76. The lowest BCUT2D eigenvalue weighted by atomic mass is 10.1. The van der Waals surface area contributed by atoms with Crippen molar-refractivity contribution in [3.05, 3.63) is 29.3 Å². The highest BCUT2D eigenvalue weighted by molar-refractivity contribution is 7.85. The Balaban J connectivity index is 2.07. The highest BCUT2D eigenvalue weighted by Crippen LogP contribution is 2.18. The summed E-state index contributed by atoms with van der Waals surface area (Å²) >= 11 is 0. The van der Waals surface area contributed by atoms with Crippen LogP contribution in [0, 0.1) is 19.8 Å². The van der Waals surface area contributed by atoms with E-state index in [1.165, 1.54) is 0 Å². The average Bonchev–Trinajstić information content (AvgIpc) is 2.85. The van der Waals surface area contributed by atoms with E-state index in [0.717, 1.165) is 22.4 Å². The van der Waals surface area contributed by atoms with Gasteiger partial charge in [-0.25, -0.2) is 0 Å². The van der Waals surface area contributed by atoms with Gasteiger partial charge >= 0.3 is 0 Å². The second-order valence-electron chi connectivity index (χ2n) is 4.79. The summed E-state index contributed by atoms with van der Waals surface area (Å²) in [5, 5.41) is 0. The number of rotatable bonds is 4. The zero-order valence-electron chi connectivity index (χ0n) is 10.8. The number of aryl methyl sites for hydroxylation is 2. The Labute approximate surface area is 110 Å². The molecule has 2 rings (SSSR count). The zero-order valence-corrected chi connectivity index (χ0v) is 11.6. The topological polar surface area (TPSA) is 43.4 Å². The molecule has 1 saturated heterocycles. The van der Waals surface area contributed by atoms with Crippen molar-refractivity contribution in [2.75, 3.05) is 19.0 Å². The van der Waals surface area contributed by atoms with Crippen LogP contribution in [-0.4, -0.2) is 29.0 Å². The molecule has 2 atom stereocenters. The Morgan fingerprint density at radius 3 is 2.89 bits per heavy atom. The standard InChI is InChI=1S/C14H18O3S/c1-10-3-4-11(2)14(7-10)18(16)9-13(15)12-5-6-17-8-12/h3-4,7,12H,5-6,8-9H2,1-2H3. The first-order valence-corrected chi connectivity index (χ1v) is 7.46. The van der Waals surface area contributed by atoms with E-state index in [9.17, 15) is 9.00 Å². The summed E-state index contributed by atoms with van der Waals surface area (Å²) in [6.07, 6.45) is 0.767. The normalized spacial score (nSPS) is 20.9. The number of hydrogen-bond donors (Lipinski definition) is 0. The smallest absolute Gasteiger partial charge is 0.151 e. The fourth-order valence-electron chi connectivity index (χ4n) is 2.07. The molecule has 0 N–H and O–H groups in total. The molecule has 0 aliphatic carbocycles. The Hall–Kier alpha value is -1.00. The van der Waals surface area contributed by atoms with E-state index in [2.05, 4.69) is 0 Å². The van der Waals surface area contributed by atoms with Gasteiger partial charge in [-0.15, -0.1) is 0 Å². The van der Waals surface area contributed by atoms with Crippen LogP contribution in [0.25, 0.3) is 0 Å². The molecule has 18 heavy (non-hydrogen) atoms. The fourth-order valence-corrected chi connectivity index (χ4v) is 3.46. The van der Waals surface area contributed by atoms with Crippen LogP contribution in [0.3, 0.4) is 0 Å². The van der Waals surface area contributed by atoms with Gasteiger partial charge in [0, 0.05) is 17.4 Å². The van der Waals surface area contributed by atoms with Gasteiger partial charge in [0.2, 0.25) is 0 Å². The predicted octanol–water partition coefficient (Wildman–Crippen LogP) is 2.02. The van der Waals surface area contributed by atoms with Gasteiger partial charge in [-0.1, -0.05) is 12.1 Å². The maximum absolute atomic E-state index is 12.2. The Bertz CT molecular complexity index is 476. The summed E-state index contributed by atoms with van der Waals surface area (Å²) in [4.78, 5) is 12.7. The van der Waals surface area contributed by atoms with Gasteiger partial charge in [0.15, 0.2) is 5.78 Å². The monoisotopic (exact) mass is 266 g/mol. The van der Waals surface area contributed by atoms with Crippen LogP contribution in [0.5, 0.6) is 0 Å². The van der Waals surface area contributed by atoms with Crippen molar-refractivity contribution in [3.8, 4) is 0 Å². The molecule has 4 heteroatoms. The third kappa shape index (κ3) is 3.06. The molecule has 0 spiro atoms. The van der Waals surface area contributed by atoms with E-state index in [0.29, 0.717) is 13.2 Å². The Morgan fingerprint density at radius 1 is 1.44 bits per heavy atom. The molecule has 98 valence electrons. The first-order valence-electron chi connectivity index (χ1n) is 6.14. The van der Waals surface area contributed by atoms with E-state index >= 15 is 0 Å². The summed E-state index contributed by atoms with van der Waals surface area (Å²) < 4.78 is 17.4. The maximum Gasteiger partial charge on any atom is 0.151 e. The number of benzene rings is 1. The van der Waals surface area contributed by atoms with Crippen molar-refractivity contribution in [3.63, 3.8) is 0 Å². The van der Waals surface area contributed by atoms with Gasteiger partial charge in [-0.2, -0.15) is 0 Å². The van der Waals surface area contributed by atoms with Crippen molar-refractivity contribution in [1.29, 1.82) is 0 Å². The van der Waals surface area contributed by atoms with Crippen molar-refractivity contribution in [2.24, 2.45) is 5.92 Å². The van der Waals surface area contributed by atoms with Gasteiger partial charge in [-0.3, -0.25) is 9.00 Å². The summed E-state index contributed by atoms with van der Waals surface area (Å²) in [6, 6.07) is 5.85. The maximum atomic E-state index is 12.2. The molecule has 1 aliphatic rings. The summed E-state index contributed by atoms with van der Waals surface area (Å²) in [7, 11) is -1.24. The summed E-state index contributed by atoms with van der Waals surface area (Å²) in [6.45, 7) is 5.03. The third-order valence-corrected chi connectivity index (χ3v) is 4.72. The van der Waals surface area contributed by atoms with Crippen molar-refractivity contribution < 1.29 is 13.7 Å². The first-order chi connectivity index (χ1) is 8.58. The van der Waals surface area contributed by atoms with Crippen LogP contribution in [0.15, 0.2) is 23.1 Å². The Kier molecular flexibility index (Phi) is 4.30. The highest BCUT2D eigenvalue weighted by Gasteiger charge is 2.25.